The SMILES string of the molecule is CCCCC[N+]1=C(/C=C/C2=C(N(c3ccccc3)c3ccccc3)C(=C/C=C3/N(CCCCS(=O)(=O)[O-])c4ccc5ccccc5c4C3(C)C)/c3ccccc32)C(C)(C)c2c1ccc1ccccc21. The van der Waals surface area contributed by atoms with Gasteiger partial charge in [-0.1, -0.05) is 149 Å². The van der Waals surface area contributed by atoms with Gasteiger partial charge in [0.1, 0.15) is 6.54 Å². The lowest BCUT2D eigenvalue weighted by molar-refractivity contribution is -0.438. The Morgan fingerprint density at radius 3 is 1.86 bits per heavy atom. The van der Waals surface area contributed by atoms with Gasteiger partial charge >= 0.3 is 0 Å². The summed E-state index contributed by atoms with van der Waals surface area (Å²) >= 11 is 0. The zero-order chi connectivity index (χ0) is 47.9. The number of fused-ring (bicyclic) bond motifs is 7. The van der Waals surface area contributed by atoms with Crippen molar-refractivity contribution in [1.82, 2.24) is 0 Å². The fourth-order valence-corrected chi connectivity index (χ4v) is 12.0. The number of allylic oxidation sites excluding steroid dienone is 7. The molecule has 10 rings (SSSR count). The molecule has 0 saturated carbocycles. The summed E-state index contributed by atoms with van der Waals surface area (Å²) in [7, 11) is -4.32. The monoisotopic (exact) mass is 927 g/mol. The zero-order valence-corrected chi connectivity index (χ0v) is 41.3. The topological polar surface area (TPSA) is 66.7 Å². The third kappa shape index (κ3) is 8.46. The molecule has 69 heavy (non-hydrogen) atoms. The number of unbranched alkanes of at least 4 members (excludes halogenated alkanes) is 3. The molecule has 0 N–H and O–H groups in total. The minimum absolute atomic E-state index is 0.270. The van der Waals surface area contributed by atoms with E-state index in [0.29, 0.717) is 19.4 Å². The van der Waals surface area contributed by atoms with Crippen molar-refractivity contribution >= 4 is 71.3 Å². The summed E-state index contributed by atoms with van der Waals surface area (Å²) in [6, 6.07) is 56.6. The van der Waals surface area contributed by atoms with Crippen LogP contribution in [0, 0.1) is 0 Å². The van der Waals surface area contributed by atoms with Gasteiger partial charge in [-0.3, -0.25) is 0 Å². The lowest BCUT2D eigenvalue weighted by Gasteiger charge is -2.29. The maximum Gasteiger partial charge on any atom is 0.210 e. The van der Waals surface area contributed by atoms with Crippen LogP contribution in [0.1, 0.15) is 89.0 Å². The first kappa shape index (κ1) is 46.0. The second kappa shape index (κ2) is 18.6. The predicted molar refractivity (Wildman–Crippen MR) is 288 cm³/mol. The molecule has 1 aliphatic carbocycles. The lowest BCUT2D eigenvalue weighted by Crippen LogP contribution is -2.28. The average molecular weight is 928 g/mol. The molecule has 0 fully saturated rings. The molecule has 0 bridgehead atoms. The molecule has 0 saturated heterocycles. The molecule has 0 aromatic heterocycles. The van der Waals surface area contributed by atoms with Gasteiger partial charge in [-0.2, -0.15) is 4.58 Å². The number of hydrogen-bond acceptors (Lipinski definition) is 5. The Labute approximate surface area is 408 Å². The first-order chi connectivity index (χ1) is 33.4. The molecule has 7 aromatic rings. The van der Waals surface area contributed by atoms with Crippen LogP contribution in [0.3, 0.4) is 0 Å². The van der Waals surface area contributed by atoms with Gasteiger partial charge in [-0.15, -0.1) is 0 Å². The third-order valence-electron chi connectivity index (χ3n) is 14.6. The van der Waals surface area contributed by atoms with Crippen molar-refractivity contribution in [3.63, 3.8) is 0 Å². The Hall–Kier alpha value is -6.80. The van der Waals surface area contributed by atoms with E-state index in [1.165, 1.54) is 50.5 Å². The van der Waals surface area contributed by atoms with E-state index < -0.39 is 15.5 Å². The van der Waals surface area contributed by atoms with Crippen molar-refractivity contribution in [1.29, 1.82) is 0 Å². The van der Waals surface area contributed by atoms with E-state index in [2.05, 4.69) is 231 Å². The Kier molecular flexibility index (Phi) is 12.4. The molecule has 7 heteroatoms. The molecule has 6 nitrogen and oxygen atoms in total. The minimum atomic E-state index is -4.32. The van der Waals surface area contributed by atoms with Crippen molar-refractivity contribution in [2.75, 3.05) is 28.6 Å². The fourth-order valence-electron chi connectivity index (χ4n) is 11.4. The standard InChI is InChI=1S/C62H61N3O3S/c1-6-7-20-41-63-54-37-33-44-23-14-16-29-48(44)58(54)61(2,3)56(63)39-35-52-50-31-18-19-32-51(50)53(60(52)65(46-25-10-8-11-26-46)47-27-12-9-13-28-47)36-40-57-62(4,5)59-49-30-17-15-24-45(49)34-38-55(59)64(57)42-21-22-43-69(66,67)68/h8-19,23-40H,6-7,20-22,41-43H2,1-5H3. The van der Waals surface area contributed by atoms with Crippen molar-refractivity contribution in [3.8, 4) is 0 Å². The highest BCUT2D eigenvalue weighted by molar-refractivity contribution is 7.85. The maximum absolute atomic E-state index is 11.7. The summed E-state index contributed by atoms with van der Waals surface area (Å²) in [4.78, 5) is 4.78. The Balaban J connectivity index is 1.20. The predicted octanol–water partition coefficient (Wildman–Crippen LogP) is 14.8. The van der Waals surface area contributed by atoms with Gasteiger partial charge in [0.25, 0.3) is 0 Å². The second-order valence-corrected chi connectivity index (χ2v) is 21.3. The van der Waals surface area contributed by atoms with Crippen LogP contribution < -0.4 is 9.80 Å². The molecule has 0 radical (unpaired) electrons. The van der Waals surface area contributed by atoms with E-state index in [1.54, 1.807) is 0 Å². The number of nitrogens with zero attached hydrogens (tertiary/aromatic N) is 3. The summed E-state index contributed by atoms with van der Waals surface area (Å²) < 4.78 is 37.8. The van der Waals surface area contributed by atoms with E-state index in [-0.39, 0.29) is 11.2 Å². The summed E-state index contributed by atoms with van der Waals surface area (Å²) in [5, 5.41) is 4.95. The molecular weight excluding hydrogens is 867 g/mol. The molecule has 3 aliphatic rings. The van der Waals surface area contributed by atoms with E-state index >= 15 is 0 Å². The normalized spacial score (nSPS) is 17.2. The van der Waals surface area contributed by atoms with Gasteiger partial charge in [0.05, 0.1) is 21.2 Å². The number of hydrogen-bond donors (Lipinski definition) is 0. The molecule has 0 spiro atoms. The van der Waals surface area contributed by atoms with Crippen LogP contribution in [-0.2, 0) is 20.9 Å². The van der Waals surface area contributed by atoms with Gasteiger partial charge < -0.3 is 14.4 Å². The van der Waals surface area contributed by atoms with Crippen LogP contribution in [0.15, 0.2) is 193 Å². The molecule has 2 heterocycles. The molecular formula is C62H61N3O3S. The molecule has 7 aromatic carbocycles. The van der Waals surface area contributed by atoms with Crippen LogP contribution in [0.25, 0.3) is 32.7 Å². The van der Waals surface area contributed by atoms with E-state index in [0.717, 1.165) is 70.1 Å². The quantitative estimate of drug-likeness (QED) is 0.0582. The van der Waals surface area contributed by atoms with Gasteiger partial charge in [-0.25, -0.2) is 8.42 Å². The minimum Gasteiger partial charge on any atom is -0.748 e. The zero-order valence-electron chi connectivity index (χ0n) is 40.5. The van der Waals surface area contributed by atoms with E-state index in [9.17, 15) is 13.0 Å². The van der Waals surface area contributed by atoms with Crippen LogP contribution in [0.5, 0.6) is 0 Å². The van der Waals surface area contributed by atoms with Gasteiger partial charge in [0.2, 0.25) is 5.69 Å². The first-order valence-corrected chi connectivity index (χ1v) is 26.2. The second-order valence-electron chi connectivity index (χ2n) is 19.8. The number of para-hydroxylation sites is 2. The van der Waals surface area contributed by atoms with Gasteiger partial charge in [-0.05, 0) is 120 Å². The van der Waals surface area contributed by atoms with Crippen molar-refractivity contribution < 1.29 is 17.5 Å². The maximum atomic E-state index is 11.7. The number of benzene rings is 7. The fraction of sp³-hybridized carbons (Fsp3) is 0.242. The Morgan fingerprint density at radius 2 is 1.20 bits per heavy atom. The summed E-state index contributed by atoms with van der Waals surface area (Å²) in [5.74, 6) is -0.372. The number of rotatable bonds is 15. The van der Waals surface area contributed by atoms with Crippen LogP contribution >= 0.6 is 0 Å². The Bertz CT molecular complexity index is 3340. The molecule has 2 aliphatic heterocycles. The van der Waals surface area contributed by atoms with E-state index in [1.807, 2.05) is 0 Å². The summed E-state index contributed by atoms with van der Waals surface area (Å²) in [5.41, 5.74) is 14.5. The van der Waals surface area contributed by atoms with Crippen molar-refractivity contribution in [2.24, 2.45) is 0 Å². The largest absolute Gasteiger partial charge is 0.748 e. The van der Waals surface area contributed by atoms with Crippen molar-refractivity contribution in [3.05, 3.63) is 216 Å². The highest BCUT2D eigenvalue weighted by atomic mass is 32.2. The van der Waals surface area contributed by atoms with Crippen LogP contribution in [0.2, 0.25) is 0 Å². The van der Waals surface area contributed by atoms with Gasteiger partial charge in [0, 0.05) is 75.7 Å². The smallest absolute Gasteiger partial charge is 0.210 e. The van der Waals surface area contributed by atoms with Crippen molar-refractivity contribution in [2.45, 2.75) is 77.6 Å². The molecule has 348 valence electrons. The van der Waals surface area contributed by atoms with E-state index in [4.69, 9.17) is 0 Å². The summed E-state index contributed by atoms with van der Waals surface area (Å²) in [6.45, 7) is 13.2. The highest BCUT2D eigenvalue weighted by Crippen LogP contribution is 2.53. The third-order valence-corrected chi connectivity index (χ3v) is 15.4. The molecule has 0 atom stereocenters. The lowest BCUT2D eigenvalue weighted by atomic mass is 9.79. The highest BCUT2D eigenvalue weighted by Gasteiger charge is 2.46. The average Bonchev–Trinajstić information content (AvgIpc) is 3.86. The van der Waals surface area contributed by atoms with Crippen LogP contribution in [-0.4, -0.2) is 42.1 Å². The first-order valence-electron chi connectivity index (χ1n) is 24.6. The Morgan fingerprint density at radius 1 is 0.609 bits per heavy atom. The summed E-state index contributed by atoms with van der Waals surface area (Å²) in [6.07, 6.45) is 13.7. The molecule has 0 unspecified atom stereocenters. The number of anilines is 3. The van der Waals surface area contributed by atoms with Crippen LogP contribution in [0.4, 0.5) is 22.7 Å². The van der Waals surface area contributed by atoms with Gasteiger partial charge in [0.15, 0.2) is 5.71 Å². The molecule has 0 amide bonds.